The van der Waals surface area contributed by atoms with Crippen molar-refractivity contribution >= 4 is 35.6 Å². The third-order valence-electron chi connectivity index (χ3n) is 5.59. The molecule has 1 atom stereocenters. The molecule has 0 aromatic heterocycles. The van der Waals surface area contributed by atoms with Crippen molar-refractivity contribution in [2.45, 2.75) is 39.3 Å². The second-order valence-electron chi connectivity index (χ2n) is 7.75. The normalized spacial score (nSPS) is 16.0. The molecule has 5 nitrogen and oxygen atoms in total. The van der Waals surface area contributed by atoms with E-state index in [1.54, 1.807) is 0 Å². The van der Waals surface area contributed by atoms with Crippen molar-refractivity contribution in [1.29, 1.82) is 0 Å². The molecule has 30 heavy (non-hydrogen) atoms. The fourth-order valence-corrected chi connectivity index (χ4v) is 3.71. The number of nitrogens with one attached hydrogen (secondary N) is 2. The van der Waals surface area contributed by atoms with Crippen LogP contribution in [0.2, 0.25) is 0 Å². The zero-order valence-corrected chi connectivity index (χ0v) is 20.4. The molecule has 0 spiro atoms. The van der Waals surface area contributed by atoms with Gasteiger partial charge in [-0.2, -0.15) is 0 Å². The number of aliphatic imine (C=N–C) groups is 1. The average Bonchev–Trinajstić information content (AvgIpc) is 2.78. The molecule has 0 saturated carbocycles. The van der Waals surface area contributed by atoms with Crippen molar-refractivity contribution in [3.05, 3.63) is 65.7 Å². The zero-order chi connectivity index (χ0) is 20.5. The number of hydrogen-bond acceptors (Lipinski definition) is 3. The van der Waals surface area contributed by atoms with Gasteiger partial charge in [0.15, 0.2) is 5.96 Å². The minimum absolute atomic E-state index is 0. The summed E-state index contributed by atoms with van der Waals surface area (Å²) in [7, 11) is 0. The van der Waals surface area contributed by atoms with Crippen molar-refractivity contribution in [3.63, 3.8) is 0 Å². The van der Waals surface area contributed by atoms with Gasteiger partial charge in [-0.15, -0.1) is 24.0 Å². The number of guanidine groups is 1. The van der Waals surface area contributed by atoms with Crippen LogP contribution in [0.5, 0.6) is 0 Å². The van der Waals surface area contributed by atoms with E-state index in [0.29, 0.717) is 19.1 Å². The molecule has 3 rings (SSSR count). The van der Waals surface area contributed by atoms with E-state index in [4.69, 9.17) is 4.99 Å². The quantitative estimate of drug-likeness (QED) is 0.288. The maximum atomic E-state index is 9.30. The molecule has 1 unspecified atom stereocenters. The maximum Gasteiger partial charge on any atom is 0.192 e. The molecule has 0 aliphatic carbocycles. The van der Waals surface area contributed by atoms with Crippen LogP contribution < -0.4 is 15.5 Å². The van der Waals surface area contributed by atoms with Crippen LogP contribution in [0.3, 0.4) is 0 Å². The molecule has 3 N–H and O–H groups in total. The van der Waals surface area contributed by atoms with Gasteiger partial charge in [0.2, 0.25) is 0 Å². The fourth-order valence-electron chi connectivity index (χ4n) is 3.71. The SMILES string of the molecule is CCNC(=NCc1ccc(N2CCC(CO)CC2)cc1)NC(C)c1ccccc1.I. The van der Waals surface area contributed by atoms with E-state index in [1.807, 2.05) is 6.07 Å². The van der Waals surface area contributed by atoms with Crippen LogP contribution in [-0.4, -0.2) is 37.3 Å². The fraction of sp³-hybridized carbons (Fsp3) is 0.458. The first-order chi connectivity index (χ1) is 14.2. The number of benzene rings is 2. The van der Waals surface area contributed by atoms with Crippen LogP contribution in [0.4, 0.5) is 5.69 Å². The number of halogens is 1. The lowest BCUT2D eigenvalue weighted by atomic mass is 9.97. The Balaban J connectivity index is 0.00000320. The van der Waals surface area contributed by atoms with Crippen molar-refractivity contribution in [1.82, 2.24) is 10.6 Å². The Bertz CT molecular complexity index is 759. The maximum absolute atomic E-state index is 9.30. The lowest BCUT2D eigenvalue weighted by molar-refractivity contribution is 0.203. The van der Waals surface area contributed by atoms with Crippen molar-refractivity contribution in [2.75, 3.05) is 31.1 Å². The van der Waals surface area contributed by atoms with E-state index in [2.05, 4.69) is 77.9 Å². The van der Waals surface area contributed by atoms with Crippen molar-refractivity contribution in [3.8, 4) is 0 Å². The van der Waals surface area contributed by atoms with E-state index < -0.39 is 0 Å². The van der Waals surface area contributed by atoms with E-state index in [-0.39, 0.29) is 30.0 Å². The van der Waals surface area contributed by atoms with E-state index in [9.17, 15) is 5.11 Å². The Hall–Kier alpha value is -1.80. The standard InChI is InChI=1S/C24H34N4O.HI/c1-3-25-24(27-19(2)22-7-5-4-6-8-22)26-17-20-9-11-23(12-10-20)28-15-13-21(18-29)14-16-28;/h4-12,19,21,29H,3,13-18H2,1-2H3,(H2,25,26,27);1H. The third-order valence-corrected chi connectivity index (χ3v) is 5.59. The van der Waals surface area contributed by atoms with E-state index in [1.165, 1.54) is 16.8 Å². The van der Waals surface area contributed by atoms with Gasteiger partial charge in [-0.25, -0.2) is 4.99 Å². The van der Waals surface area contributed by atoms with Gasteiger partial charge in [0, 0.05) is 31.9 Å². The predicted molar refractivity (Wildman–Crippen MR) is 137 cm³/mol. The first kappa shape index (κ1) is 24.5. The van der Waals surface area contributed by atoms with E-state index in [0.717, 1.165) is 38.4 Å². The largest absolute Gasteiger partial charge is 0.396 e. The predicted octanol–water partition coefficient (Wildman–Crippen LogP) is 4.33. The summed E-state index contributed by atoms with van der Waals surface area (Å²) in [5, 5.41) is 16.1. The molecule has 6 heteroatoms. The molecule has 1 aliphatic rings. The van der Waals surface area contributed by atoms with Crippen LogP contribution in [0, 0.1) is 5.92 Å². The summed E-state index contributed by atoms with van der Waals surface area (Å²) in [5.74, 6) is 1.30. The highest BCUT2D eigenvalue weighted by Crippen LogP contribution is 2.23. The van der Waals surface area contributed by atoms with Crippen LogP contribution in [-0.2, 0) is 6.54 Å². The highest BCUT2D eigenvalue weighted by Gasteiger charge is 2.18. The van der Waals surface area contributed by atoms with Gasteiger partial charge in [-0.1, -0.05) is 42.5 Å². The van der Waals surface area contributed by atoms with Gasteiger partial charge < -0.3 is 20.6 Å². The lowest BCUT2D eigenvalue weighted by Crippen LogP contribution is -2.38. The number of anilines is 1. The summed E-state index contributed by atoms with van der Waals surface area (Å²) in [6, 6.07) is 19.3. The number of piperidine rings is 1. The second kappa shape index (κ2) is 12.8. The zero-order valence-electron chi connectivity index (χ0n) is 18.1. The Morgan fingerprint density at radius 1 is 1.10 bits per heavy atom. The summed E-state index contributed by atoms with van der Waals surface area (Å²) in [4.78, 5) is 7.17. The molecular weight excluding hydrogens is 487 g/mol. The molecular formula is C24H35IN4O. The smallest absolute Gasteiger partial charge is 0.192 e. The summed E-state index contributed by atoms with van der Waals surface area (Å²) in [5.41, 5.74) is 3.70. The summed E-state index contributed by atoms with van der Waals surface area (Å²) in [6.07, 6.45) is 2.14. The van der Waals surface area contributed by atoms with Crippen LogP contribution in [0.1, 0.15) is 43.9 Å². The molecule has 0 amide bonds. The van der Waals surface area contributed by atoms with Gasteiger partial charge in [0.1, 0.15) is 0 Å². The average molecular weight is 522 g/mol. The molecule has 1 aliphatic heterocycles. The van der Waals surface area contributed by atoms with Crippen LogP contribution in [0.25, 0.3) is 0 Å². The highest BCUT2D eigenvalue weighted by atomic mass is 127. The number of nitrogens with zero attached hydrogens (tertiary/aromatic N) is 2. The summed E-state index contributed by atoms with van der Waals surface area (Å²) >= 11 is 0. The Labute approximate surface area is 198 Å². The highest BCUT2D eigenvalue weighted by molar-refractivity contribution is 14.0. The Morgan fingerprint density at radius 3 is 2.37 bits per heavy atom. The number of rotatable bonds is 7. The van der Waals surface area contributed by atoms with Gasteiger partial charge >= 0.3 is 0 Å². The Kier molecular flexibility index (Phi) is 10.4. The van der Waals surface area contributed by atoms with Gasteiger partial charge in [0.25, 0.3) is 0 Å². The van der Waals surface area contributed by atoms with Crippen LogP contribution in [0.15, 0.2) is 59.6 Å². The van der Waals surface area contributed by atoms with Gasteiger partial charge in [0.05, 0.1) is 12.6 Å². The lowest BCUT2D eigenvalue weighted by Gasteiger charge is -2.32. The molecule has 2 aromatic carbocycles. The van der Waals surface area contributed by atoms with Crippen LogP contribution >= 0.6 is 24.0 Å². The second-order valence-corrected chi connectivity index (χ2v) is 7.75. The first-order valence-corrected chi connectivity index (χ1v) is 10.7. The molecule has 1 heterocycles. The summed E-state index contributed by atoms with van der Waals surface area (Å²) < 4.78 is 0. The first-order valence-electron chi connectivity index (χ1n) is 10.7. The molecule has 1 saturated heterocycles. The number of aliphatic hydroxyl groups is 1. The molecule has 164 valence electrons. The van der Waals surface area contributed by atoms with Crippen molar-refractivity contribution in [2.24, 2.45) is 10.9 Å². The number of hydrogen-bond donors (Lipinski definition) is 3. The van der Waals surface area contributed by atoms with Crippen molar-refractivity contribution < 1.29 is 5.11 Å². The Morgan fingerprint density at radius 2 is 1.77 bits per heavy atom. The minimum Gasteiger partial charge on any atom is -0.396 e. The molecule has 1 fully saturated rings. The topological polar surface area (TPSA) is 59.9 Å². The third kappa shape index (κ3) is 7.16. The number of aliphatic hydroxyl groups excluding tert-OH is 1. The minimum atomic E-state index is 0. The molecule has 0 radical (unpaired) electrons. The monoisotopic (exact) mass is 522 g/mol. The molecule has 0 bridgehead atoms. The molecule has 2 aromatic rings. The van der Waals surface area contributed by atoms with E-state index >= 15 is 0 Å². The van der Waals surface area contributed by atoms with Gasteiger partial charge in [-0.05, 0) is 55.9 Å². The summed E-state index contributed by atoms with van der Waals surface area (Å²) in [6.45, 7) is 8.06. The van der Waals surface area contributed by atoms with Gasteiger partial charge in [-0.3, -0.25) is 0 Å².